The zero-order chi connectivity index (χ0) is 18.9. The Morgan fingerprint density at radius 3 is 2.81 bits per heavy atom. The van der Waals surface area contributed by atoms with Crippen molar-refractivity contribution in [2.24, 2.45) is 4.99 Å². The molecule has 1 aromatic carbocycles. The molecular formula is C18H24F2N4OS. The highest BCUT2D eigenvalue weighted by molar-refractivity contribution is 7.11. The van der Waals surface area contributed by atoms with Gasteiger partial charge in [-0.15, -0.1) is 11.3 Å². The van der Waals surface area contributed by atoms with Gasteiger partial charge in [-0.25, -0.2) is 4.98 Å². The maximum absolute atomic E-state index is 12.5. The molecule has 1 aromatic heterocycles. The van der Waals surface area contributed by atoms with Crippen molar-refractivity contribution in [1.82, 2.24) is 15.6 Å². The van der Waals surface area contributed by atoms with Crippen molar-refractivity contribution in [3.63, 3.8) is 0 Å². The first-order valence-electron chi connectivity index (χ1n) is 8.44. The van der Waals surface area contributed by atoms with Crippen LogP contribution in [0.5, 0.6) is 5.75 Å². The number of ether oxygens (including phenoxy) is 1. The van der Waals surface area contributed by atoms with Gasteiger partial charge in [-0.2, -0.15) is 8.78 Å². The molecule has 0 fully saturated rings. The zero-order valence-electron chi connectivity index (χ0n) is 15.2. The Balaban J connectivity index is 1.87. The summed E-state index contributed by atoms with van der Waals surface area (Å²) in [5.41, 5.74) is 1.63. The summed E-state index contributed by atoms with van der Waals surface area (Å²) in [6.45, 7) is 2.19. The van der Waals surface area contributed by atoms with Gasteiger partial charge < -0.3 is 15.4 Å². The minimum atomic E-state index is -2.85. The molecule has 1 heterocycles. The van der Waals surface area contributed by atoms with Gasteiger partial charge in [0.25, 0.3) is 0 Å². The number of aromatic nitrogens is 1. The van der Waals surface area contributed by atoms with Crippen LogP contribution < -0.4 is 15.4 Å². The van der Waals surface area contributed by atoms with Gasteiger partial charge >= 0.3 is 6.61 Å². The third kappa shape index (κ3) is 6.25. The molecule has 2 rings (SSSR count). The lowest BCUT2D eigenvalue weighted by Gasteiger charge is -2.15. The number of halogens is 2. The second-order valence-electron chi connectivity index (χ2n) is 5.67. The standard InChI is InChI=1S/C18H24F2N4OS/c1-4-14-11-23-16(26-14)7-8-22-18(21-3)24-10-13-9-12(2)5-6-15(13)25-17(19)20/h5-6,9,11,17H,4,7-8,10H2,1-3H3,(H2,21,22,24). The Morgan fingerprint density at radius 1 is 1.35 bits per heavy atom. The highest BCUT2D eigenvalue weighted by Gasteiger charge is 2.10. The molecule has 142 valence electrons. The minimum absolute atomic E-state index is 0.170. The number of nitrogens with one attached hydrogen (secondary N) is 2. The van der Waals surface area contributed by atoms with E-state index in [-0.39, 0.29) is 5.75 Å². The molecule has 5 nitrogen and oxygen atoms in total. The molecule has 0 aliphatic rings. The summed E-state index contributed by atoms with van der Waals surface area (Å²) in [6, 6.07) is 5.12. The van der Waals surface area contributed by atoms with Crippen LogP contribution in [0.4, 0.5) is 8.78 Å². The Hall–Kier alpha value is -2.22. The fourth-order valence-electron chi connectivity index (χ4n) is 2.37. The summed E-state index contributed by atoms with van der Waals surface area (Å²) in [4.78, 5) is 9.81. The second kappa shape index (κ2) is 10.1. The zero-order valence-corrected chi connectivity index (χ0v) is 16.0. The van der Waals surface area contributed by atoms with Crippen molar-refractivity contribution in [2.45, 2.75) is 39.8 Å². The molecule has 0 amide bonds. The van der Waals surface area contributed by atoms with Gasteiger partial charge in [-0.1, -0.05) is 24.6 Å². The third-order valence-corrected chi connectivity index (χ3v) is 4.88. The van der Waals surface area contributed by atoms with E-state index < -0.39 is 6.61 Å². The minimum Gasteiger partial charge on any atom is -0.434 e. The van der Waals surface area contributed by atoms with Gasteiger partial charge in [0, 0.05) is 43.2 Å². The normalized spacial score (nSPS) is 11.7. The Labute approximate surface area is 156 Å². The average Bonchev–Trinajstić information content (AvgIpc) is 3.07. The summed E-state index contributed by atoms with van der Waals surface area (Å²) in [6.07, 6.45) is 3.71. The molecule has 0 spiro atoms. The number of hydrogen-bond donors (Lipinski definition) is 2. The fraction of sp³-hybridized carbons (Fsp3) is 0.444. The van der Waals surface area contributed by atoms with E-state index in [0.717, 1.165) is 23.4 Å². The Morgan fingerprint density at radius 2 is 2.15 bits per heavy atom. The van der Waals surface area contributed by atoms with Crippen LogP contribution in [0.1, 0.15) is 27.9 Å². The largest absolute Gasteiger partial charge is 0.434 e. The highest BCUT2D eigenvalue weighted by Crippen LogP contribution is 2.22. The first-order valence-corrected chi connectivity index (χ1v) is 9.26. The molecule has 8 heteroatoms. The molecule has 0 aliphatic carbocycles. The maximum Gasteiger partial charge on any atom is 0.387 e. The fourth-order valence-corrected chi connectivity index (χ4v) is 3.23. The van der Waals surface area contributed by atoms with Crippen molar-refractivity contribution in [1.29, 1.82) is 0 Å². The Bertz CT molecular complexity index is 734. The first-order chi connectivity index (χ1) is 12.5. The predicted molar refractivity (Wildman–Crippen MR) is 101 cm³/mol. The molecular weight excluding hydrogens is 358 g/mol. The number of alkyl halides is 2. The van der Waals surface area contributed by atoms with Crippen LogP contribution in [0, 0.1) is 6.92 Å². The van der Waals surface area contributed by atoms with E-state index in [2.05, 4.69) is 32.3 Å². The van der Waals surface area contributed by atoms with Gasteiger partial charge in [0.1, 0.15) is 5.75 Å². The van der Waals surface area contributed by atoms with E-state index in [1.54, 1.807) is 30.5 Å². The van der Waals surface area contributed by atoms with Crippen molar-refractivity contribution in [2.75, 3.05) is 13.6 Å². The smallest absolute Gasteiger partial charge is 0.387 e. The summed E-state index contributed by atoms with van der Waals surface area (Å²) in [5.74, 6) is 0.769. The number of benzene rings is 1. The van der Waals surface area contributed by atoms with Gasteiger partial charge in [0.2, 0.25) is 0 Å². The molecule has 0 radical (unpaired) electrons. The van der Waals surface area contributed by atoms with Crippen molar-refractivity contribution < 1.29 is 13.5 Å². The van der Waals surface area contributed by atoms with Gasteiger partial charge in [0.05, 0.1) is 5.01 Å². The highest BCUT2D eigenvalue weighted by atomic mass is 32.1. The van der Waals surface area contributed by atoms with Crippen LogP contribution in [-0.4, -0.2) is 31.1 Å². The van der Waals surface area contributed by atoms with Crippen LogP contribution in [0.25, 0.3) is 0 Å². The van der Waals surface area contributed by atoms with E-state index >= 15 is 0 Å². The quantitative estimate of drug-likeness (QED) is 0.542. The van der Waals surface area contributed by atoms with E-state index in [1.807, 2.05) is 19.2 Å². The summed E-state index contributed by atoms with van der Waals surface area (Å²) in [5, 5.41) is 7.41. The Kier molecular flexibility index (Phi) is 7.77. The number of hydrogen-bond acceptors (Lipinski definition) is 4. The number of aryl methyl sites for hydroxylation is 2. The topological polar surface area (TPSA) is 58.5 Å². The lowest BCUT2D eigenvalue weighted by Crippen LogP contribution is -2.38. The van der Waals surface area contributed by atoms with Crippen LogP contribution in [0.3, 0.4) is 0 Å². The first kappa shape index (κ1) is 20.1. The van der Waals surface area contributed by atoms with Crippen LogP contribution in [-0.2, 0) is 19.4 Å². The van der Waals surface area contributed by atoms with E-state index in [9.17, 15) is 8.78 Å². The van der Waals surface area contributed by atoms with E-state index in [0.29, 0.717) is 24.6 Å². The predicted octanol–water partition coefficient (Wildman–Crippen LogP) is 3.52. The van der Waals surface area contributed by atoms with Crippen molar-refractivity contribution in [3.8, 4) is 5.75 Å². The van der Waals surface area contributed by atoms with Crippen molar-refractivity contribution in [3.05, 3.63) is 45.4 Å². The molecule has 0 aliphatic heterocycles. The number of aliphatic imine (C=N–C) groups is 1. The van der Waals surface area contributed by atoms with Crippen LogP contribution in [0.2, 0.25) is 0 Å². The number of rotatable bonds is 8. The monoisotopic (exact) mass is 382 g/mol. The third-order valence-electron chi connectivity index (χ3n) is 3.68. The van der Waals surface area contributed by atoms with Crippen molar-refractivity contribution >= 4 is 17.3 Å². The maximum atomic E-state index is 12.5. The number of guanidine groups is 1. The molecule has 0 saturated heterocycles. The summed E-state index contributed by atoms with van der Waals surface area (Å²) in [7, 11) is 1.67. The van der Waals surface area contributed by atoms with Gasteiger partial charge in [-0.3, -0.25) is 4.99 Å². The second-order valence-corrected chi connectivity index (χ2v) is 6.87. The van der Waals surface area contributed by atoms with Crippen LogP contribution >= 0.6 is 11.3 Å². The molecule has 0 atom stereocenters. The average molecular weight is 382 g/mol. The SMILES string of the molecule is CCc1cnc(CCNC(=NC)NCc2cc(C)ccc2OC(F)F)s1. The number of nitrogens with zero attached hydrogens (tertiary/aromatic N) is 2. The van der Waals surface area contributed by atoms with E-state index in [4.69, 9.17) is 0 Å². The summed E-state index contributed by atoms with van der Waals surface area (Å²) < 4.78 is 29.7. The van der Waals surface area contributed by atoms with Crippen LogP contribution in [0.15, 0.2) is 29.4 Å². The molecule has 0 saturated carbocycles. The molecule has 0 unspecified atom stereocenters. The lowest BCUT2D eigenvalue weighted by atomic mass is 10.1. The molecule has 2 N–H and O–H groups in total. The lowest BCUT2D eigenvalue weighted by molar-refractivity contribution is -0.0504. The molecule has 0 bridgehead atoms. The number of thiazole rings is 1. The summed E-state index contributed by atoms with van der Waals surface area (Å²) >= 11 is 1.71. The van der Waals surface area contributed by atoms with Gasteiger partial charge in [0.15, 0.2) is 5.96 Å². The van der Waals surface area contributed by atoms with Gasteiger partial charge in [-0.05, 0) is 19.4 Å². The van der Waals surface area contributed by atoms with E-state index in [1.165, 1.54) is 4.88 Å². The molecule has 2 aromatic rings. The molecule has 26 heavy (non-hydrogen) atoms.